The number of hydrogen-bond donors (Lipinski definition) is 4. The molecule has 2 aromatic carbocycles. The number of carbonyl (C=O) groups excluding carboxylic acids is 4. The van der Waals surface area contributed by atoms with Crippen LogP contribution in [0.25, 0.3) is 0 Å². The zero-order chi connectivity index (χ0) is 24.3. The number of benzene rings is 2. The van der Waals surface area contributed by atoms with E-state index in [0.29, 0.717) is 40.6 Å². The van der Waals surface area contributed by atoms with Crippen LogP contribution < -0.4 is 21.3 Å². The fourth-order valence-electron chi connectivity index (χ4n) is 3.92. The summed E-state index contributed by atoms with van der Waals surface area (Å²) in [5, 5.41) is 10.8. The number of rotatable bonds is 4. The summed E-state index contributed by atoms with van der Waals surface area (Å²) in [6, 6.07) is 10.9. The predicted octanol–water partition coefficient (Wildman–Crippen LogP) is 3.33. The Morgan fingerprint density at radius 3 is 2.56 bits per heavy atom. The molecule has 5 amide bonds. The number of urea groups is 1. The first-order valence-electron chi connectivity index (χ1n) is 10.4. The Morgan fingerprint density at radius 1 is 1.15 bits per heavy atom. The average Bonchev–Trinajstić information content (AvgIpc) is 3.23. The van der Waals surface area contributed by atoms with E-state index in [1.165, 1.54) is 12.0 Å². The minimum atomic E-state index is -0.986. The predicted molar refractivity (Wildman–Crippen MR) is 124 cm³/mol. The Labute approximate surface area is 199 Å². The highest BCUT2D eigenvalue weighted by molar-refractivity contribution is 6.30. The summed E-state index contributed by atoms with van der Waals surface area (Å²) >= 11 is 6.13. The van der Waals surface area contributed by atoms with Gasteiger partial charge in [0, 0.05) is 34.9 Å². The van der Waals surface area contributed by atoms with E-state index in [0.717, 1.165) is 0 Å². The van der Waals surface area contributed by atoms with Crippen LogP contribution in [0.15, 0.2) is 42.5 Å². The second kappa shape index (κ2) is 9.48. The standard InChI is InChI=1S/C22H22ClN5O6/c1-33-20(31)26-15-5-3-14(4-6-15)25-19(30)24-11-18(29)28-9-8-22(12-28)16-10-13(23)2-7-17(16)27-21(32)34-22/h2-7,10H,8-9,11-12H2,1H3,(H,26,31)(H,27,32)(H2,24,25,30). The fraction of sp³-hybridized carbons (Fsp3) is 0.273. The molecule has 0 aliphatic carbocycles. The van der Waals surface area contributed by atoms with E-state index in [-0.39, 0.29) is 19.0 Å². The summed E-state index contributed by atoms with van der Waals surface area (Å²) in [5.74, 6) is -0.317. The van der Waals surface area contributed by atoms with Crippen molar-refractivity contribution in [3.8, 4) is 0 Å². The van der Waals surface area contributed by atoms with Crippen LogP contribution in [0.2, 0.25) is 5.02 Å². The van der Waals surface area contributed by atoms with Gasteiger partial charge in [-0.25, -0.2) is 14.4 Å². The second-order valence-corrected chi connectivity index (χ2v) is 8.20. The largest absolute Gasteiger partial charge is 0.453 e. The molecule has 0 radical (unpaired) electrons. The molecule has 0 bridgehead atoms. The Hall–Kier alpha value is -3.99. The zero-order valence-corrected chi connectivity index (χ0v) is 18.9. The van der Waals surface area contributed by atoms with Crippen LogP contribution in [0, 0.1) is 0 Å². The topological polar surface area (TPSA) is 138 Å². The lowest BCUT2D eigenvalue weighted by Crippen LogP contribution is -2.45. The summed E-state index contributed by atoms with van der Waals surface area (Å²) in [7, 11) is 1.26. The maximum absolute atomic E-state index is 12.7. The van der Waals surface area contributed by atoms with Gasteiger partial charge in [-0.3, -0.25) is 15.4 Å². The third-order valence-corrected chi connectivity index (χ3v) is 5.79. The number of hydrogen-bond acceptors (Lipinski definition) is 6. The summed E-state index contributed by atoms with van der Waals surface area (Å²) in [5.41, 5.74) is 1.29. The number of fused-ring (bicyclic) bond motifs is 2. The van der Waals surface area contributed by atoms with Gasteiger partial charge in [0.2, 0.25) is 5.91 Å². The van der Waals surface area contributed by atoms with E-state index in [4.69, 9.17) is 16.3 Å². The molecule has 2 aromatic rings. The monoisotopic (exact) mass is 487 g/mol. The number of amides is 5. The zero-order valence-electron chi connectivity index (χ0n) is 18.1. The molecule has 2 aliphatic rings. The SMILES string of the molecule is COC(=O)Nc1ccc(NC(=O)NCC(=O)N2CCC3(C2)OC(=O)Nc2ccc(Cl)cc23)cc1. The van der Waals surface area contributed by atoms with Crippen molar-refractivity contribution in [1.29, 1.82) is 0 Å². The number of nitrogens with one attached hydrogen (secondary N) is 4. The van der Waals surface area contributed by atoms with Gasteiger partial charge < -0.3 is 25.0 Å². The third-order valence-electron chi connectivity index (χ3n) is 5.56. The first-order valence-corrected chi connectivity index (χ1v) is 10.7. The van der Waals surface area contributed by atoms with Crippen LogP contribution in [-0.4, -0.2) is 55.8 Å². The lowest BCUT2D eigenvalue weighted by molar-refractivity contribution is -0.130. The molecular weight excluding hydrogens is 466 g/mol. The average molecular weight is 488 g/mol. The minimum absolute atomic E-state index is 0.157. The summed E-state index contributed by atoms with van der Waals surface area (Å²) in [4.78, 5) is 49.7. The molecule has 34 heavy (non-hydrogen) atoms. The molecule has 1 unspecified atom stereocenters. The Bertz CT molecular complexity index is 1140. The van der Waals surface area contributed by atoms with Gasteiger partial charge in [-0.1, -0.05) is 11.6 Å². The normalized spacial score (nSPS) is 18.4. The molecule has 1 spiro atoms. The molecule has 4 N–H and O–H groups in total. The fourth-order valence-corrected chi connectivity index (χ4v) is 4.09. The van der Waals surface area contributed by atoms with Crippen LogP contribution in [0.4, 0.5) is 31.4 Å². The van der Waals surface area contributed by atoms with Gasteiger partial charge in [0.1, 0.15) is 0 Å². The van der Waals surface area contributed by atoms with E-state index < -0.39 is 23.8 Å². The van der Waals surface area contributed by atoms with Gasteiger partial charge in [0.15, 0.2) is 5.60 Å². The van der Waals surface area contributed by atoms with E-state index in [9.17, 15) is 19.2 Å². The minimum Gasteiger partial charge on any atom is -0.453 e. The van der Waals surface area contributed by atoms with Crippen LogP contribution in [0.1, 0.15) is 12.0 Å². The summed E-state index contributed by atoms with van der Waals surface area (Å²) in [6.45, 7) is 0.277. The molecule has 0 saturated carbocycles. The molecule has 1 atom stereocenters. The molecule has 11 nitrogen and oxygen atoms in total. The third kappa shape index (κ3) is 4.99. The lowest BCUT2D eigenvalue weighted by atomic mass is 9.90. The van der Waals surface area contributed by atoms with E-state index in [2.05, 4.69) is 26.0 Å². The van der Waals surface area contributed by atoms with Gasteiger partial charge in [-0.15, -0.1) is 0 Å². The number of anilines is 3. The molecule has 1 saturated heterocycles. The number of methoxy groups -OCH3 is 1. The molecule has 0 aromatic heterocycles. The van der Waals surface area contributed by atoms with Crippen molar-refractivity contribution in [2.45, 2.75) is 12.0 Å². The van der Waals surface area contributed by atoms with Crippen LogP contribution >= 0.6 is 11.6 Å². The highest BCUT2D eigenvalue weighted by Crippen LogP contribution is 2.43. The van der Waals surface area contributed by atoms with Gasteiger partial charge in [0.05, 0.1) is 25.9 Å². The van der Waals surface area contributed by atoms with E-state index in [1.807, 2.05) is 0 Å². The number of likely N-dealkylation sites (tertiary alicyclic amines) is 1. The number of nitrogens with zero attached hydrogens (tertiary/aromatic N) is 1. The summed E-state index contributed by atoms with van der Waals surface area (Å²) in [6.07, 6.45) is -0.779. The van der Waals surface area contributed by atoms with E-state index in [1.54, 1.807) is 42.5 Å². The highest BCUT2D eigenvalue weighted by Gasteiger charge is 2.48. The number of ether oxygens (including phenoxy) is 2. The Morgan fingerprint density at radius 2 is 1.85 bits per heavy atom. The quantitative estimate of drug-likeness (QED) is 0.522. The Balaban J connectivity index is 1.31. The Kier molecular flexibility index (Phi) is 6.46. The molecule has 4 rings (SSSR count). The van der Waals surface area contributed by atoms with Crippen molar-refractivity contribution in [3.05, 3.63) is 53.1 Å². The van der Waals surface area contributed by atoms with E-state index >= 15 is 0 Å². The maximum Gasteiger partial charge on any atom is 0.412 e. The van der Waals surface area contributed by atoms with Crippen LogP contribution in [0.5, 0.6) is 0 Å². The smallest absolute Gasteiger partial charge is 0.412 e. The van der Waals surface area contributed by atoms with Crippen molar-refractivity contribution in [2.75, 3.05) is 42.7 Å². The van der Waals surface area contributed by atoms with Gasteiger partial charge in [0.25, 0.3) is 0 Å². The molecule has 12 heteroatoms. The molecule has 178 valence electrons. The van der Waals surface area contributed by atoms with Gasteiger partial charge >= 0.3 is 18.2 Å². The van der Waals surface area contributed by atoms with Gasteiger partial charge in [-0.2, -0.15) is 0 Å². The van der Waals surface area contributed by atoms with Gasteiger partial charge in [-0.05, 0) is 42.5 Å². The van der Waals surface area contributed by atoms with Crippen molar-refractivity contribution < 1.29 is 28.7 Å². The van der Waals surface area contributed by atoms with Crippen LogP contribution in [-0.2, 0) is 19.9 Å². The second-order valence-electron chi connectivity index (χ2n) is 7.77. The van der Waals surface area contributed by atoms with Crippen molar-refractivity contribution in [1.82, 2.24) is 10.2 Å². The molecule has 1 fully saturated rings. The molecule has 2 aliphatic heterocycles. The lowest BCUT2D eigenvalue weighted by Gasteiger charge is -2.35. The molecular formula is C22H22ClN5O6. The highest BCUT2D eigenvalue weighted by atomic mass is 35.5. The van der Waals surface area contributed by atoms with Crippen molar-refractivity contribution in [3.63, 3.8) is 0 Å². The number of carbonyl (C=O) groups is 4. The first kappa shape index (κ1) is 23.2. The van der Waals surface area contributed by atoms with Crippen LogP contribution in [0.3, 0.4) is 0 Å². The van der Waals surface area contributed by atoms with Crippen molar-refractivity contribution in [2.24, 2.45) is 0 Å². The van der Waals surface area contributed by atoms with Crippen molar-refractivity contribution >= 4 is 52.8 Å². The number of halogens is 1. The maximum atomic E-state index is 12.7. The summed E-state index contributed by atoms with van der Waals surface area (Å²) < 4.78 is 10.1. The molecule has 2 heterocycles. The first-order chi connectivity index (χ1) is 16.3.